The van der Waals surface area contributed by atoms with Crippen molar-refractivity contribution in [2.24, 2.45) is 0 Å². The first-order chi connectivity index (χ1) is 11.4. The Labute approximate surface area is 140 Å². The first kappa shape index (κ1) is 16.3. The van der Waals surface area contributed by atoms with Gasteiger partial charge in [-0.3, -0.25) is 4.79 Å². The van der Waals surface area contributed by atoms with Gasteiger partial charge in [-0.15, -0.1) is 16.4 Å². The summed E-state index contributed by atoms with van der Waals surface area (Å²) in [6, 6.07) is 3.09. The van der Waals surface area contributed by atoms with Crippen LogP contribution in [-0.2, 0) is 6.54 Å². The van der Waals surface area contributed by atoms with Crippen molar-refractivity contribution in [2.75, 3.05) is 5.73 Å². The monoisotopic (exact) mass is 348 g/mol. The first-order valence-electron chi connectivity index (χ1n) is 7.12. The van der Waals surface area contributed by atoms with Gasteiger partial charge in [-0.25, -0.2) is 8.78 Å². The van der Waals surface area contributed by atoms with Crippen LogP contribution in [0.1, 0.15) is 26.5 Å². The van der Waals surface area contributed by atoms with Crippen LogP contribution in [0, 0.1) is 25.5 Å². The number of hydrogen-bond donors (Lipinski definition) is 2. The van der Waals surface area contributed by atoms with Crippen molar-refractivity contribution in [1.29, 1.82) is 0 Å². The molecule has 8 heteroatoms. The molecule has 0 aliphatic heterocycles. The van der Waals surface area contributed by atoms with E-state index in [-0.39, 0.29) is 17.0 Å². The maximum absolute atomic E-state index is 13.6. The molecule has 0 saturated heterocycles. The molecule has 2 heterocycles. The number of aromatic nitrogens is 2. The lowest BCUT2D eigenvalue weighted by Crippen LogP contribution is -2.23. The molecule has 2 aromatic heterocycles. The fraction of sp³-hybridized carbons (Fsp3) is 0.188. The van der Waals surface area contributed by atoms with Crippen LogP contribution in [-0.4, -0.2) is 16.1 Å². The molecule has 3 N–H and O–H groups in total. The number of aryl methyl sites for hydroxylation is 2. The number of fused-ring (bicyclic) bond motifs is 1. The number of halogens is 2. The standard InChI is InChI=1S/C16H14F2N4OS/c1-7-8(2)21-22-16-12(7)13(19)14(24-16)15(23)20-6-9-5-10(17)3-4-11(9)18/h3-5H,6,19H2,1-2H3,(H,20,23). The van der Waals surface area contributed by atoms with Gasteiger partial charge in [-0.2, -0.15) is 5.10 Å². The van der Waals surface area contributed by atoms with Gasteiger partial charge in [-0.05, 0) is 37.6 Å². The van der Waals surface area contributed by atoms with Gasteiger partial charge in [0.05, 0.1) is 11.4 Å². The van der Waals surface area contributed by atoms with E-state index in [4.69, 9.17) is 5.73 Å². The van der Waals surface area contributed by atoms with Gasteiger partial charge in [0.2, 0.25) is 0 Å². The van der Waals surface area contributed by atoms with E-state index in [1.807, 2.05) is 13.8 Å². The topological polar surface area (TPSA) is 80.9 Å². The summed E-state index contributed by atoms with van der Waals surface area (Å²) in [6.07, 6.45) is 0. The molecule has 3 aromatic rings. The van der Waals surface area contributed by atoms with Crippen molar-refractivity contribution in [3.8, 4) is 0 Å². The Hall–Kier alpha value is -2.61. The minimum Gasteiger partial charge on any atom is -0.397 e. The van der Waals surface area contributed by atoms with Crippen LogP contribution in [0.5, 0.6) is 0 Å². The highest BCUT2D eigenvalue weighted by atomic mass is 32.1. The number of nitrogens with zero attached hydrogens (tertiary/aromatic N) is 2. The average molecular weight is 348 g/mol. The average Bonchev–Trinajstić information content (AvgIpc) is 2.89. The van der Waals surface area contributed by atoms with Gasteiger partial charge in [-0.1, -0.05) is 0 Å². The Bertz CT molecular complexity index is 955. The van der Waals surface area contributed by atoms with E-state index >= 15 is 0 Å². The summed E-state index contributed by atoms with van der Waals surface area (Å²) in [5.74, 6) is -1.61. The van der Waals surface area contributed by atoms with Crippen LogP contribution in [0.15, 0.2) is 18.2 Å². The van der Waals surface area contributed by atoms with Crippen molar-refractivity contribution < 1.29 is 13.6 Å². The molecule has 5 nitrogen and oxygen atoms in total. The SMILES string of the molecule is Cc1nnc2sc(C(=O)NCc3cc(F)ccc3F)c(N)c2c1C. The van der Waals surface area contributed by atoms with E-state index in [0.29, 0.717) is 15.9 Å². The third-order valence-corrected chi connectivity index (χ3v) is 4.88. The molecule has 1 amide bonds. The molecule has 0 aliphatic rings. The lowest BCUT2D eigenvalue weighted by Gasteiger charge is -2.06. The second-order valence-electron chi connectivity index (χ2n) is 5.35. The number of anilines is 1. The predicted octanol–water partition coefficient (Wildman–Crippen LogP) is 3.10. The van der Waals surface area contributed by atoms with Crippen LogP contribution >= 0.6 is 11.3 Å². The van der Waals surface area contributed by atoms with Crippen LogP contribution < -0.4 is 11.1 Å². The highest BCUT2D eigenvalue weighted by Crippen LogP contribution is 2.34. The molecule has 0 saturated carbocycles. The number of thiophene rings is 1. The highest BCUT2D eigenvalue weighted by Gasteiger charge is 2.20. The molecular formula is C16H14F2N4OS. The molecular weight excluding hydrogens is 334 g/mol. The minimum absolute atomic E-state index is 0.0647. The zero-order chi connectivity index (χ0) is 17.4. The predicted molar refractivity (Wildman–Crippen MR) is 88.8 cm³/mol. The molecule has 3 rings (SSSR count). The highest BCUT2D eigenvalue weighted by molar-refractivity contribution is 7.21. The third kappa shape index (κ3) is 2.80. The molecule has 0 spiro atoms. The number of nitrogens with one attached hydrogen (secondary N) is 1. The van der Waals surface area contributed by atoms with Gasteiger partial charge in [0.1, 0.15) is 21.3 Å². The van der Waals surface area contributed by atoms with Gasteiger partial charge in [0.25, 0.3) is 5.91 Å². The Morgan fingerprint density at radius 3 is 2.79 bits per heavy atom. The van der Waals surface area contributed by atoms with Crippen LogP contribution in [0.25, 0.3) is 10.2 Å². The lowest BCUT2D eigenvalue weighted by atomic mass is 10.1. The summed E-state index contributed by atoms with van der Waals surface area (Å²) >= 11 is 1.12. The molecule has 0 fully saturated rings. The summed E-state index contributed by atoms with van der Waals surface area (Å²) in [5.41, 5.74) is 8.07. The number of carbonyl (C=O) groups is 1. The van der Waals surface area contributed by atoms with E-state index in [9.17, 15) is 13.6 Å². The third-order valence-electron chi connectivity index (χ3n) is 3.79. The normalized spacial score (nSPS) is 11.0. The van der Waals surface area contributed by atoms with E-state index in [1.54, 1.807) is 0 Å². The summed E-state index contributed by atoms with van der Waals surface area (Å²) < 4.78 is 26.8. The Balaban J connectivity index is 1.88. The Kier molecular flexibility index (Phi) is 4.15. The molecule has 0 atom stereocenters. The largest absolute Gasteiger partial charge is 0.397 e. The minimum atomic E-state index is -0.585. The second kappa shape index (κ2) is 6.12. The van der Waals surface area contributed by atoms with E-state index in [1.165, 1.54) is 0 Å². The van der Waals surface area contributed by atoms with Crippen molar-refractivity contribution >= 4 is 33.1 Å². The molecule has 1 aromatic carbocycles. The van der Waals surface area contributed by atoms with E-state index < -0.39 is 17.5 Å². The van der Waals surface area contributed by atoms with Crippen LogP contribution in [0.2, 0.25) is 0 Å². The van der Waals surface area contributed by atoms with Gasteiger partial charge in [0, 0.05) is 17.5 Å². The van der Waals surface area contributed by atoms with E-state index in [0.717, 1.165) is 40.8 Å². The molecule has 0 unspecified atom stereocenters. The second-order valence-corrected chi connectivity index (χ2v) is 6.35. The smallest absolute Gasteiger partial charge is 0.263 e. The summed E-state index contributed by atoms with van der Waals surface area (Å²) in [5, 5.41) is 11.3. The maximum Gasteiger partial charge on any atom is 0.263 e. The van der Waals surface area contributed by atoms with Crippen LogP contribution in [0.4, 0.5) is 14.5 Å². The van der Waals surface area contributed by atoms with Gasteiger partial charge in [0.15, 0.2) is 0 Å². The zero-order valence-electron chi connectivity index (χ0n) is 13.0. The number of carbonyl (C=O) groups excluding carboxylic acids is 1. The fourth-order valence-electron chi connectivity index (χ4n) is 2.34. The quantitative estimate of drug-likeness (QED) is 0.762. The van der Waals surface area contributed by atoms with Crippen molar-refractivity contribution in [2.45, 2.75) is 20.4 Å². The molecule has 0 radical (unpaired) electrons. The van der Waals surface area contributed by atoms with Crippen molar-refractivity contribution in [3.05, 3.63) is 51.5 Å². The molecule has 0 bridgehead atoms. The number of benzene rings is 1. The summed E-state index contributed by atoms with van der Waals surface area (Å²) in [4.78, 5) is 13.2. The lowest BCUT2D eigenvalue weighted by molar-refractivity contribution is 0.0955. The Morgan fingerprint density at radius 2 is 2.04 bits per heavy atom. The number of hydrogen-bond acceptors (Lipinski definition) is 5. The summed E-state index contributed by atoms with van der Waals surface area (Å²) in [7, 11) is 0. The van der Waals surface area contributed by atoms with E-state index in [2.05, 4.69) is 15.5 Å². The first-order valence-corrected chi connectivity index (χ1v) is 7.94. The maximum atomic E-state index is 13.6. The van der Waals surface area contributed by atoms with Crippen LogP contribution in [0.3, 0.4) is 0 Å². The number of nitrogens with two attached hydrogens (primary N) is 1. The Morgan fingerprint density at radius 1 is 1.29 bits per heavy atom. The number of rotatable bonds is 3. The van der Waals surface area contributed by atoms with Crippen molar-refractivity contribution in [3.63, 3.8) is 0 Å². The number of nitrogen functional groups attached to an aromatic ring is 1. The molecule has 24 heavy (non-hydrogen) atoms. The molecule has 124 valence electrons. The van der Waals surface area contributed by atoms with Gasteiger partial charge >= 0.3 is 0 Å². The molecule has 0 aliphatic carbocycles. The summed E-state index contributed by atoms with van der Waals surface area (Å²) in [6.45, 7) is 3.53. The van der Waals surface area contributed by atoms with Gasteiger partial charge < -0.3 is 11.1 Å². The number of amides is 1. The fourth-order valence-corrected chi connectivity index (χ4v) is 3.36. The van der Waals surface area contributed by atoms with Crippen molar-refractivity contribution in [1.82, 2.24) is 15.5 Å². The zero-order valence-corrected chi connectivity index (χ0v) is 13.8.